The topological polar surface area (TPSA) is 87.2 Å². The van der Waals surface area contributed by atoms with Crippen molar-refractivity contribution in [1.82, 2.24) is 9.80 Å². The molecule has 0 spiro atoms. The fourth-order valence-electron chi connectivity index (χ4n) is 3.00. The summed E-state index contributed by atoms with van der Waals surface area (Å²) in [5, 5.41) is 9.29. The van der Waals surface area contributed by atoms with Gasteiger partial charge in [0, 0.05) is 46.5 Å². The van der Waals surface area contributed by atoms with Crippen LogP contribution in [0.1, 0.15) is 25.3 Å². The van der Waals surface area contributed by atoms with Gasteiger partial charge in [-0.15, -0.1) is 0 Å². The van der Waals surface area contributed by atoms with Crippen molar-refractivity contribution in [3.63, 3.8) is 0 Å². The van der Waals surface area contributed by atoms with E-state index in [0.717, 1.165) is 5.56 Å². The smallest absolute Gasteiger partial charge is 0.326 e. The van der Waals surface area contributed by atoms with E-state index in [4.69, 9.17) is 4.74 Å². The molecule has 2 unspecified atom stereocenters. The van der Waals surface area contributed by atoms with Crippen molar-refractivity contribution in [2.24, 2.45) is 0 Å². The van der Waals surface area contributed by atoms with Crippen LogP contribution < -0.4 is 0 Å². The summed E-state index contributed by atoms with van der Waals surface area (Å²) in [4.78, 5) is 38.6. The number of aliphatic carboxylic acids is 1. The average Bonchev–Trinajstić information content (AvgIpc) is 3.04. The molecule has 0 aromatic heterocycles. The number of hydrogen-bond acceptors (Lipinski definition) is 4. The quantitative estimate of drug-likeness (QED) is 0.798. The van der Waals surface area contributed by atoms with Crippen molar-refractivity contribution in [2.45, 2.75) is 38.5 Å². The summed E-state index contributed by atoms with van der Waals surface area (Å²) >= 11 is 0. The third-order valence-electron chi connectivity index (χ3n) is 4.46. The second kappa shape index (κ2) is 8.62. The first kappa shape index (κ1) is 18.9. The Balaban J connectivity index is 1.96. The van der Waals surface area contributed by atoms with Crippen molar-refractivity contribution in [1.29, 1.82) is 0 Å². The molecular weight excluding hydrogens is 324 g/mol. The third-order valence-corrected chi connectivity index (χ3v) is 4.46. The number of amides is 2. The normalized spacial score (nSPS) is 19.7. The minimum atomic E-state index is -1.03. The Morgan fingerprint density at radius 1 is 1.28 bits per heavy atom. The molecule has 136 valence electrons. The summed E-state index contributed by atoms with van der Waals surface area (Å²) in [6.07, 6.45) is 0.114. The van der Waals surface area contributed by atoms with Crippen molar-refractivity contribution < 1.29 is 24.2 Å². The lowest BCUT2D eigenvalue weighted by Gasteiger charge is -2.25. The predicted octanol–water partition coefficient (Wildman–Crippen LogP) is 1.13. The van der Waals surface area contributed by atoms with Crippen LogP contribution in [0, 0.1) is 0 Å². The molecular formula is C18H24N2O5. The molecule has 1 heterocycles. The Labute approximate surface area is 147 Å². The number of nitrogens with zero attached hydrogens (tertiary/aromatic N) is 2. The molecule has 2 atom stereocenters. The Hall–Kier alpha value is -2.41. The predicted molar refractivity (Wildman–Crippen MR) is 90.7 cm³/mol. The summed E-state index contributed by atoms with van der Waals surface area (Å²) in [6, 6.07) is 8.66. The van der Waals surface area contributed by atoms with E-state index >= 15 is 0 Å². The maximum Gasteiger partial charge on any atom is 0.326 e. The highest BCUT2D eigenvalue weighted by Crippen LogP contribution is 2.21. The van der Waals surface area contributed by atoms with Gasteiger partial charge in [0.15, 0.2) is 0 Å². The zero-order chi connectivity index (χ0) is 18.4. The van der Waals surface area contributed by atoms with Crippen LogP contribution in [0.4, 0.5) is 0 Å². The van der Waals surface area contributed by atoms with E-state index in [1.165, 1.54) is 18.9 Å². The lowest BCUT2D eigenvalue weighted by atomic mass is 10.2. The van der Waals surface area contributed by atoms with E-state index in [9.17, 15) is 19.5 Å². The summed E-state index contributed by atoms with van der Waals surface area (Å²) in [7, 11) is 1.51. The van der Waals surface area contributed by atoms with Crippen molar-refractivity contribution >= 4 is 17.8 Å². The third kappa shape index (κ3) is 5.03. The van der Waals surface area contributed by atoms with Crippen LogP contribution in [0.15, 0.2) is 30.3 Å². The summed E-state index contributed by atoms with van der Waals surface area (Å²) in [6.45, 7) is 2.41. The molecule has 1 N–H and O–H groups in total. The summed E-state index contributed by atoms with van der Waals surface area (Å²) < 4.78 is 5.19. The monoisotopic (exact) mass is 348 g/mol. The van der Waals surface area contributed by atoms with E-state index in [-0.39, 0.29) is 43.8 Å². The molecule has 2 rings (SSSR count). The van der Waals surface area contributed by atoms with Gasteiger partial charge in [-0.2, -0.15) is 0 Å². The fourth-order valence-corrected chi connectivity index (χ4v) is 3.00. The van der Waals surface area contributed by atoms with Gasteiger partial charge in [-0.25, -0.2) is 4.79 Å². The molecule has 0 radical (unpaired) electrons. The summed E-state index contributed by atoms with van der Waals surface area (Å²) in [5.74, 6) is -1.42. The number of methoxy groups -OCH3 is 1. The van der Waals surface area contributed by atoms with Crippen molar-refractivity contribution in [3.8, 4) is 0 Å². The van der Waals surface area contributed by atoms with E-state index in [1.807, 2.05) is 30.3 Å². The van der Waals surface area contributed by atoms with Gasteiger partial charge in [-0.05, 0) is 5.56 Å². The van der Waals surface area contributed by atoms with E-state index in [1.54, 1.807) is 4.90 Å². The van der Waals surface area contributed by atoms with Crippen molar-refractivity contribution in [3.05, 3.63) is 35.9 Å². The van der Waals surface area contributed by atoms with Gasteiger partial charge in [0.2, 0.25) is 11.8 Å². The zero-order valence-electron chi connectivity index (χ0n) is 14.6. The SMILES string of the molecule is COC1CC(C(=O)O)N(C(=O)CCN(Cc2ccccc2)C(C)=O)C1. The Morgan fingerprint density at radius 2 is 1.96 bits per heavy atom. The summed E-state index contributed by atoms with van der Waals surface area (Å²) in [5.41, 5.74) is 0.981. The van der Waals surface area contributed by atoms with Crippen molar-refractivity contribution in [2.75, 3.05) is 20.2 Å². The maximum atomic E-state index is 12.5. The lowest BCUT2D eigenvalue weighted by Crippen LogP contribution is -2.42. The number of benzene rings is 1. The molecule has 1 aromatic rings. The molecule has 0 saturated carbocycles. The van der Waals surface area contributed by atoms with Gasteiger partial charge in [-0.1, -0.05) is 30.3 Å². The molecule has 1 saturated heterocycles. The van der Waals surface area contributed by atoms with Crippen LogP contribution in [0.3, 0.4) is 0 Å². The Morgan fingerprint density at radius 3 is 2.52 bits per heavy atom. The lowest BCUT2D eigenvalue weighted by molar-refractivity contribution is -0.148. The standard InChI is InChI=1S/C18H24N2O5/c1-13(21)19(11-14-6-4-3-5-7-14)9-8-17(22)20-12-15(25-2)10-16(20)18(23)24/h3-7,15-16H,8-12H2,1-2H3,(H,23,24). The van der Waals surface area contributed by atoms with Gasteiger partial charge in [0.25, 0.3) is 0 Å². The van der Waals surface area contributed by atoms with E-state index in [0.29, 0.717) is 6.54 Å². The number of carboxylic acid groups (broad SMARTS) is 1. The number of carbonyl (C=O) groups excluding carboxylic acids is 2. The first-order valence-electron chi connectivity index (χ1n) is 8.27. The highest BCUT2D eigenvalue weighted by atomic mass is 16.5. The first-order chi connectivity index (χ1) is 11.9. The molecule has 25 heavy (non-hydrogen) atoms. The molecule has 2 amide bonds. The number of hydrogen-bond donors (Lipinski definition) is 1. The molecule has 1 fully saturated rings. The van der Waals surface area contributed by atoms with Gasteiger partial charge in [0.05, 0.1) is 6.10 Å². The number of ether oxygens (including phenoxy) is 1. The Kier molecular flexibility index (Phi) is 6.52. The number of carboxylic acids is 1. The minimum absolute atomic E-state index is 0.0899. The van der Waals surface area contributed by atoms with E-state index < -0.39 is 12.0 Å². The molecule has 1 aromatic carbocycles. The van der Waals surface area contributed by atoms with Crippen LogP contribution in [-0.2, 0) is 25.7 Å². The highest BCUT2D eigenvalue weighted by Gasteiger charge is 2.39. The number of rotatable bonds is 7. The van der Waals surface area contributed by atoms with Gasteiger partial charge in [0.1, 0.15) is 6.04 Å². The molecule has 1 aliphatic heterocycles. The van der Waals surface area contributed by atoms with Gasteiger partial charge >= 0.3 is 5.97 Å². The average molecular weight is 348 g/mol. The van der Waals surface area contributed by atoms with Crippen LogP contribution in [-0.4, -0.2) is 65.0 Å². The van der Waals surface area contributed by atoms with Crippen LogP contribution in [0.2, 0.25) is 0 Å². The van der Waals surface area contributed by atoms with E-state index in [2.05, 4.69) is 0 Å². The maximum absolute atomic E-state index is 12.5. The number of carbonyl (C=O) groups is 3. The second-order valence-electron chi connectivity index (χ2n) is 6.17. The van der Waals surface area contributed by atoms with Gasteiger partial charge in [-0.3, -0.25) is 9.59 Å². The minimum Gasteiger partial charge on any atom is -0.480 e. The highest BCUT2D eigenvalue weighted by molar-refractivity contribution is 5.85. The van der Waals surface area contributed by atoms with Gasteiger partial charge < -0.3 is 19.6 Å². The number of likely N-dealkylation sites (tertiary alicyclic amines) is 1. The molecule has 1 aliphatic rings. The largest absolute Gasteiger partial charge is 0.480 e. The molecule has 7 heteroatoms. The van der Waals surface area contributed by atoms with Crippen LogP contribution >= 0.6 is 0 Å². The fraction of sp³-hybridized carbons (Fsp3) is 0.500. The zero-order valence-corrected chi connectivity index (χ0v) is 14.6. The van der Waals surface area contributed by atoms with Crippen LogP contribution in [0.5, 0.6) is 0 Å². The molecule has 0 aliphatic carbocycles. The van der Waals surface area contributed by atoms with Crippen LogP contribution in [0.25, 0.3) is 0 Å². The molecule has 0 bridgehead atoms. The molecule has 7 nitrogen and oxygen atoms in total. The second-order valence-corrected chi connectivity index (χ2v) is 6.17. The Bertz CT molecular complexity index is 619. The first-order valence-corrected chi connectivity index (χ1v) is 8.27.